The van der Waals surface area contributed by atoms with Crippen molar-refractivity contribution in [1.82, 2.24) is 14.5 Å². The molecule has 1 aliphatic carbocycles. The minimum Gasteiger partial charge on any atom is -0.331 e. The lowest BCUT2D eigenvalue weighted by Gasteiger charge is -2.21. The van der Waals surface area contributed by atoms with Crippen LogP contribution in [0.3, 0.4) is 0 Å². The quantitative estimate of drug-likeness (QED) is 0.561. The fourth-order valence-corrected chi connectivity index (χ4v) is 4.14. The topological polar surface area (TPSA) is 66.9 Å². The van der Waals surface area contributed by atoms with Crippen molar-refractivity contribution in [1.29, 1.82) is 5.26 Å². The number of pyridine rings is 1. The van der Waals surface area contributed by atoms with E-state index in [0.29, 0.717) is 23.2 Å². The van der Waals surface area contributed by atoms with Crippen molar-refractivity contribution in [2.24, 2.45) is 12.0 Å². The normalized spacial score (nSPS) is 17.2. The van der Waals surface area contributed by atoms with Gasteiger partial charge in [0.2, 0.25) is 0 Å². The number of nitrogens with zero attached hydrogens (tertiary/aromatic N) is 5. The summed E-state index contributed by atoms with van der Waals surface area (Å²) in [4.78, 5) is 14.2. The zero-order valence-corrected chi connectivity index (χ0v) is 18.7. The molecule has 32 heavy (non-hydrogen) atoms. The van der Waals surface area contributed by atoms with Gasteiger partial charge in [0.25, 0.3) is 5.92 Å². The Balaban J connectivity index is 1.87. The van der Waals surface area contributed by atoms with Gasteiger partial charge in [-0.3, -0.25) is 9.98 Å². The van der Waals surface area contributed by atoms with Crippen molar-refractivity contribution < 1.29 is 8.78 Å². The van der Waals surface area contributed by atoms with Gasteiger partial charge in [-0.1, -0.05) is 18.2 Å². The van der Waals surface area contributed by atoms with Crippen molar-refractivity contribution in [2.75, 3.05) is 0 Å². The van der Waals surface area contributed by atoms with Crippen LogP contribution in [-0.4, -0.2) is 20.5 Å². The van der Waals surface area contributed by atoms with E-state index in [1.54, 1.807) is 18.3 Å². The van der Waals surface area contributed by atoms with Crippen molar-refractivity contribution in [3.63, 3.8) is 0 Å². The zero-order chi connectivity index (χ0) is 23.0. The number of alkyl halides is 2. The molecule has 0 fully saturated rings. The second-order valence-corrected chi connectivity index (χ2v) is 8.35. The monoisotopic (exact) mass is 433 g/mol. The van der Waals surface area contributed by atoms with Crippen molar-refractivity contribution in [3.8, 4) is 6.07 Å². The Bertz CT molecular complexity index is 1340. The van der Waals surface area contributed by atoms with Crippen LogP contribution in [0.25, 0.3) is 16.5 Å². The van der Waals surface area contributed by atoms with E-state index in [1.807, 2.05) is 50.6 Å². The van der Waals surface area contributed by atoms with Gasteiger partial charge in [0.05, 0.1) is 35.1 Å². The fourth-order valence-electron chi connectivity index (χ4n) is 4.14. The highest BCUT2D eigenvalue weighted by molar-refractivity contribution is 5.81. The number of aromatic nitrogens is 3. The van der Waals surface area contributed by atoms with Crippen molar-refractivity contribution >= 4 is 16.5 Å². The molecule has 5 nitrogen and oxygen atoms in total. The van der Waals surface area contributed by atoms with Crippen LogP contribution in [0, 0.1) is 25.2 Å². The maximum atomic E-state index is 13.6. The van der Waals surface area contributed by atoms with E-state index in [-0.39, 0.29) is 18.9 Å². The Morgan fingerprint density at radius 1 is 1.28 bits per heavy atom. The molecule has 1 atom stereocenters. The molecule has 0 unspecified atom stereocenters. The number of hydrogen-bond donors (Lipinski definition) is 0. The van der Waals surface area contributed by atoms with Crippen LogP contribution in [-0.2, 0) is 7.05 Å². The summed E-state index contributed by atoms with van der Waals surface area (Å²) in [5, 5.41) is 10.2. The van der Waals surface area contributed by atoms with Crippen LogP contribution in [0.2, 0.25) is 0 Å². The van der Waals surface area contributed by atoms with Gasteiger partial charge in [0.15, 0.2) is 5.49 Å². The number of fused-ring (bicyclic) bond motifs is 1. The Labute approximate surface area is 185 Å². The molecule has 2 aromatic heterocycles. The maximum Gasteiger partial charge on any atom is 0.251 e. The molecule has 2 heterocycles. The molecule has 0 aliphatic heterocycles. The summed E-state index contributed by atoms with van der Waals surface area (Å²) in [7, 11) is 1.92. The van der Waals surface area contributed by atoms with Gasteiger partial charge in [0, 0.05) is 25.3 Å². The SMILES string of the molecule is Cc1c(C#N)cccc1[C@@H](C)/N=c1\nc(C)n(C)c2cnc(C3=CCC(F)(F)CC3)cc12. The molecule has 0 spiro atoms. The Kier molecular flexibility index (Phi) is 5.64. The summed E-state index contributed by atoms with van der Waals surface area (Å²) in [5.41, 5.74) is 5.47. The van der Waals surface area contributed by atoms with E-state index >= 15 is 0 Å². The van der Waals surface area contributed by atoms with Crippen LogP contribution in [0.15, 0.2) is 41.5 Å². The van der Waals surface area contributed by atoms with E-state index in [9.17, 15) is 14.0 Å². The summed E-state index contributed by atoms with van der Waals surface area (Å²) in [6.07, 6.45) is 3.22. The van der Waals surface area contributed by atoms with E-state index in [4.69, 9.17) is 9.98 Å². The molecule has 4 rings (SSSR count). The van der Waals surface area contributed by atoms with Crippen LogP contribution < -0.4 is 5.49 Å². The predicted octanol–water partition coefficient (Wildman–Crippen LogP) is 5.32. The molecular formula is C25H25F2N5. The molecule has 0 bridgehead atoms. The number of nitriles is 1. The lowest BCUT2D eigenvalue weighted by Crippen LogP contribution is -2.20. The lowest BCUT2D eigenvalue weighted by atomic mass is 9.93. The highest BCUT2D eigenvalue weighted by Crippen LogP contribution is 2.36. The maximum absolute atomic E-state index is 13.6. The first-order chi connectivity index (χ1) is 15.2. The average molecular weight is 434 g/mol. The van der Waals surface area contributed by atoms with Crippen LogP contribution >= 0.6 is 0 Å². The second-order valence-electron chi connectivity index (χ2n) is 8.35. The third-order valence-electron chi connectivity index (χ3n) is 6.24. The fraction of sp³-hybridized carbons (Fsp3) is 0.360. The Hall–Kier alpha value is -3.40. The molecule has 1 aromatic carbocycles. The molecule has 0 N–H and O–H groups in total. The van der Waals surface area contributed by atoms with Gasteiger partial charge >= 0.3 is 0 Å². The van der Waals surface area contributed by atoms with Gasteiger partial charge in [-0.05, 0) is 56.0 Å². The zero-order valence-electron chi connectivity index (χ0n) is 18.7. The van der Waals surface area contributed by atoms with Gasteiger partial charge in [-0.25, -0.2) is 13.8 Å². The smallest absolute Gasteiger partial charge is 0.251 e. The molecule has 3 aromatic rings. The van der Waals surface area contributed by atoms with Crippen LogP contribution in [0.5, 0.6) is 0 Å². The van der Waals surface area contributed by atoms with E-state index < -0.39 is 5.92 Å². The van der Waals surface area contributed by atoms with E-state index in [1.165, 1.54) is 0 Å². The summed E-state index contributed by atoms with van der Waals surface area (Å²) in [5.74, 6) is -1.85. The molecule has 0 saturated heterocycles. The minimum absolute atomic E-state index is 0.165. The summed E-state index contributed by atoms with van der Waals surface area (Å²) in [6, 6.07) is 9.55. The molecule has 164 valence electrons. The number of rotatable bonds is 3. The third-order valence-corrected chi connectivity index (χ3v) is 6.24. The minimum atomic E-state index is -2.64. The first-order valence-electron chi connectivity index (χ1n) is 10.6. The Morgan fingerprint density at radius 3 is 2.75 bits per heavy atom. The first-order valence-corrected chi connectivity index (χ1v) is 10.6. The number of hydrogen-bond acceptors (Lipinski definition) is 4. The van der Waals surface area contributed by atoms with Gasteiger partial charge < -0.3 is 4.57 Å². The second kappa shape index (κ2) is 8.27. The first kappa shape index (κ1) is 21.8. The van der Waals surface area contributed by atoms with Gasteiger partial charge in [-0.15, -0.1) is 0 Å². The third kappa shape index (κ3) is 4.05. The van der Waals surface area contributed by atoms with Gasteiger partial charge in [0.1, 0.15) is 5.82 Å². The molecule has 0 amide bonds. The van der Waals surface area contributed by atoms with Crippen molar-refractivity contribution in [2.45, 2.75) is 52.0 Å². The number of aryl methyl sites for hydroxylation is 2. The van der Waals surface area contributed by atoms with Crippen LogP contribution in [0.1, 0.15) is 60.4 Å². The standard InChI is InChI=1S/C25H25F2N5/c1-15-19(13-28)6-5-7-20(15)16(2)30-24-21-12-22(18-8-10-25(26,27)11-9-18)29-14-23(21)32(4)17(3)31-24/h5-8,12,14,16H,9-11H2,1-4H3/b30-24-/t16-/m1/s1. The summed E-state index contributed by atoms with van der Waals surface area (Å²) in [6.45, 7) is 5.81. The van der Waals surface area contributed by atoms with Crippen LogP contribution in [0.4, 0.5) is 8.78 Å². The van der Waals surface area contributed by atoms with E-state index in [0.717, 1.165) is 33.4 Å². The summed E-state index contributed by atoms with van der Waals surface area (Å²) < 4.78 is 29.1. The highest BCUT2D eigenvalue weighted by Gasteiger charge is 2.31. The molecular weight excluding hydrogens is 408 g/mol. The molecule has 1 aliphatic rings. The predicted molar refractivity (Wildman–Crippen MR) is 120 cm³/mol. The Morgan fingerprint density at radius 2 is 2.06 bits per heavy atom. The largest absolute Gasteiger partial charge is 0.331 e. The lowest BCUT2D eigenvalue weighted by molar-refractivity contribution is -0.00605. The number of allylic oxidation sites excluding steroid dienone is 2. The summed E-state index contributed by atoms with van der Waals surface area (Å²) >= 11 is 0. The average Bonchev–Trinajstić information content (AvgIpc) is 2.77. The molecule has 0 radical (unpaired) electrons. The molecule has 7 heteroatoms. The van der Waals surface area contributed by atoms with E-state index in [2.05, 4.69) is 11.1 Å². The number of halogens is 2. The number of benzene rings is 1. The highest BCUT2D eigenvalue weighted by atomic mass is 19.3. The van der Waals surface area contributed by atoms with Gasteiger partial charge in [-0.2, -0.15) is 5.26 Å². The van der Waals surface area contributed by atoms with Crippen molar-refractivity contribution in [3.05, 3.63) is 70.2 Å². The molecule has 0 saturated carbocycles.